The van der Waals surface area contributed by atoms with E-state index in [1.54, 1.807) is 53.3 Å². The monoisotopic (exact) mass is 446 g/mol. The minimum absolute atomic E-state index is 0.114. The molecule has 0 saturated heterocycles. The smallest absolute Gasteiger partial charge is 0.306 e. The Morgan fingerprint density at radius 3 is 2.42 bits per heavy atom. The first-order chi connectivity index (χ1) is 16.0. The second-order valence-electron chi connectivity index (χ2n) is 7.49. The van der Waals surface area contributed by atoms with Gasteiger partial charge < -0.3 is 14.6 Å². The van der Waals surface area contributed by atoms with E-state index >= 15 is 0 Å². The van der Waals surface area contributed by atoms with E-state index in [9.17, 15) is 19.5 Å². The van der Waals surface area contributed by atoms with Gasteiger partial charge in [-0.2, -0.15) is 5.10 Å². The lowest BCUT2D eigenvalue weighted by molar-refractivity contribution is -0.140. The highest BCUT2D eigenvalue weighted by Gasteiger charge is 2.38. The molecular weight excluding hydrogens is 424 g/mol. The molecular formula is C25H22N2O6. The van der Waals surface area contributed by atoms with Crippen LogP contribution in [0.25, 0.3) is 5.76 Å². The molecule has 1 aliphatic carbocycles. The molecule has 8 heteroatoms. The molecule has 0 saturated carbocycles. The van der Waals surface area contributed by atoms with Crippen molar-refractivity contribution in [3.05, 3.63) is 89.3 Å². The quantitative estimate of drug-likeness (QED) is 0.418. The molecule has 1 aromatic heterocycles. The summed E-state index contributed by atoms with van der Waals surface area (Å²) in [5.41, 5.74) is 0.866. The van der Waals surface area contributed by atoms with Crippen molar-refractivity contribution in [2.75, 3.05) is 13.7 Å². The van der Waals surface area contributed by atoms with Crippen LogP contribution >= 0.6 is 0 Å². The van der Waals surface area contributed by atoms with Crippen LogP contribution in [0, 0.1) is 0 Å². The number of ether oxygens (including phenoxy) is 2. The number of carbonyl (C=O) groups is 3. The first-order valence-corrected chi connectivity index (χ1v) is 10.4. The highest BCUT2D eigenvalue weighted by molar-refractivity contribution is 6.52. The van der Waals surface area contributed by atoms with Crippen LogP contribution in [0.15, 0.2) is 72.6 Å². The van der Waals surface area contributed by atoms with E-state index in [1.165, 1.54) is 13.2 Å². The number of fused-ring (bicyclic) bond motifs is 1. The molecule has 0 amide bonds. The van der Waals surface area contributed by atoms with Gasteiger partial charge in [0.05, 0.1) is 25.6 Å². The predicted octanol–water partition coefficient (Wildman–Crippen LogP) is 3.34. The average molecular weight is 446 g/mol. The first-order valence-electron chi connectivity index (χ1n) is 10.4. The molecule has 1 N–H and O–H groups in total. The molecule has 33 heavy (non-hydrogen) atoms. The van der Waals surface area contributed by atoms with Gasteiger partial charge in [0.1, 0.15) is 18.1 Å². The highest BCUT2D eigenvalue weighted by atomic mass is 16.5. The standard InChI is InChI=1S/C25H22N2O6/c1-32-21(28)15-20(22-23(29)18-5-2-3-6-19(18)24(30)25(22)31)16-7-9-17(10-8-16)33-14-13-27-12-4-11-26-27/h2-12,20,29H,13-15H2,1H3/t20-/m1/s1. The fourth-order valence-electron chi connectivity index (χ4n) is 3.83. The summed E-state index contributed by atoms with van der Waals surface area (Å²) in [6.07, 6.45) is 3.32. The number of rotatable bonds is 8. The molecule has 0 spiro atoms. The fraction of sp³-hybridized carbons (Fsp3) is 0.200. The zero-order chi connectivity index (χ0) is 23.4. The zero-order valence-electron chi connectivity index (χ0n) is 17.9. The number of carbonyl (C=O) groups excluding carboxylic acids is 3. The lowest BCUT2D eigenvalue weighted by atomic mass is 9.78. The van der Waals surface area contributed by atoms with Crippen molar-refractivity contribution in [1.82, 2.24) is 9.78 Å². The second-order valence-corrected chi connectivity index (χ2v) is 7.49. The Morgan fingerprint density at radius 2 is 1.76 bits per heavy atom. The number of ketones is 2. The molecule has 8 nitrogen and oxygen atoms in total. The first kappa shape index (κ1) is 22.0. The van der Waals surface area contributed by atoms with Gasteiger partial charge in [0.2, 0.25) is 11.6 Å². The van der Waals surface area contributed by atoms with Gasteiger partial charge >= 0.3 is 5.97 Å². The van der Waals surface area contributed by atoms with Crippen LogP contribution in [0.2, 0.25) is 0 Å². The maximum atomic E-state index is 13.0. The van der Waals surface area contributed by atoms with Crippen LogP contribution in [-0.4, -0.2) is 46.1 Å². The number of esters is 1. The van der Waals surface area contributed by atoms with E-state index in [0.29, 0.717) is 24.5 Å². The van der Waals surface area contributed by atoms with E-state index < -0.39 is 23.5 Å². The number of allylic oxidation sites excluding steroid dienone is 1. The van der Waals surface area contributed by atoms with Crippen LogP contribution < -0.4 is 4.74 Å². The number of aromatic nitrogens is 2. The topological polar surface area (TPSA) is 108 Å². The Morgan fingerprint density at radius 1 is 1.03 bits per heavy atom. The van der Waals surface area contributed by atoms with Crippen molar-refractivity contribution in [2.45, 2.75) is 18.9 Å². The molecule has 0 bridgehead atoms. The van der Waals surface area contributed by atoms with E-state index in [-0.39, 0.29) is 28.9 Å². The van der Waals surface area contributed by atoms with Crippen LogP contribution in [0.1, 0.15) is 33.8 Å². The molecule has 4 rings (SSSR count). The summed E-state index contributed by atoms with van der Waals surface area (Å²) in [5.74, 6) is -2.69. The zero-order valence-corrected chi connectivity index (χ0v) is 17.9. The third kappa shape index (κ3) is 4.55. The van der Waals surface area contributed by atoms with Crippen LogP contribution in [0.4, 0.5) is 0 Å². The Hall–Kier alpha value is -4.20. The molecule has 3 aromatic rings. The molecule has 1 atom stereocenters. The number of Topliss-reactive ketones (excluding diaryl/α,β-unsaturated/α-hetero) is 2. The summed E-state index contributed by atoms with van der Waals surface area (Å²) in [6, 6.07) is 15.0. The molecule has 1 aliphatic rings. The minimum atomic E-state index is -0.861. The highest BCUT2D eigenvalue weighted by Crippen LogP contribution is 2.38. The molecule has 168 valence electrons. The normalized spacial score (nSPS) is 14.1. The summed E-state index contributed by atoms with van der Waals surface area (Å²) < 4.78 is 12.3. The SMILES string of the molecule is COC(=O)C[C@@H](C1=C(O)c2ccccc2C(=O)C1=O)c1ccc(OCCn2cccn2)cc1. The van der Waals surface area contributed by atoms with Crippen LogP contribution in [0.3, 0.4) is 0 Å². The van der Waals surface area contributed by atoms with Crippen LogP contribution in [-0.2, 0) is 20.9 Å². The summed E-state index contributed by atoms with van der Waals surface area (Å²) >= 11 is 0. The number of benzene rings is 2. The van der Waals surface area contributed by atoms with Gasteiger partial charge in [-0.05, 0) is 23.8 Å². The Kier molecular flexibility index (Phi) is 6.35. The van der Waals surface area contributed by atoms with E-state index in [2.05, 4.69) is 5.10 Å². The third-order valence-corrected chi connectivity index (χ3v) is 5.51. The van der Waals surface area contributed by atoms with Gasteiger partial charge in [-0.1, -0.05) is 36.4 Å². The Balaban J connectivity index is 1.63. The van der Waals surface area contributed by atoms with Gasteiger partial charge in [-0.25, -0.2) is 0 Å². The van der Waals surface area contributed by atoms with Gasteiger partial charge in [0.15, 0.2) is 0 Å². The summed E-state index contributed by atoms with van der Waals surface area (Å²) in [7, 11) is 1.24. The van der Waals surface area contributed by atoms with Gasteiger partial charge in [0.25, 0.3) is 0 Å². The van der Waals surface area contributed by atoms with Crippen molar-refractivity contribution in [3.63, 3.8) is 0 Å². The largest absolute Gasteiger partial charge is 0.507 e. The minimum Gasteiger partial charge on any atom is -0.507 e. The van der Waals surface area contributed by atoms with Crippen molar-refractivity contribution in [2.24, 2.45) is 0 Å². The van der Waals surface area contributed by atoms with E-state index in [4.69, 9.17) is 9.47 Å². The Bertz CT molecular complexity index is 1210. The van der Waals surface area contributed by atoms with E-state index in [0.717, 1.165) is 0 Å². The summed E-state index contributed by atoms with van der Waals surface area (Å²) in [5, 5.41) is 15.0. The van der Waals surface area contributed by atoms with Crippen molar-refractivity contribution < 1.29 is 29.0 Å². The fourth-order valence-corrected chi connectivity index (χ4v) is 3.83. The van der Waals surface area contributed by atoms with Gasteiger partial charge in [-0.3, -0.25) is 19.1 Å². The lowest BCUT2D eigenvalue weighted by Gasteiger charge is -2.24. The van der Waals surface area contributed by atoms with E-state index in [1.807, 2.05) is 12.3 Å². The number of hydrogen-bond acceptors (Lipinski definition) is 7. The number of hydrogen-bond donors (Lipinski definition) is 1. The predicted molar refractivity (Wildman–Crippen MR) is 119 cm³/mol. The maximum Gasteiger partial charge on any atom is 0.306 e. The van der Waals surface area contributed by atoms with Gasteiger partial charge in [0, 0.05) is 29.4 Å². The lowest BCUT2D eigenvalue weighted by Crippen LogP contribution is -2.28. The molecule has 0 radical (unpaired) electrons. The number of aliphatic hydroxyl groups is 1. The molecule has 0 aliphatic heterocycles. The number of aliphatic hydroxyl groups excluding tert-OH is 1. The van der Waals surface area contributed by atoms with Crippen molar-refractivity contribution >= 4 is 23.3 Å². The summed E-state index contributed by atoms with van der Waals surface area (Å²) in [6.45, 7) is 0.985. The Labute approximate surface area is 190 Å². The third-order valence-electron chi connectivity index (χ3n) is 5.51. The maximum absolute atomic E-state index is 13.0. The number of nitrogens with zero attached hydrogens (tertiary/aromatic N) is 2. The molecule has 0 unspecified atom stereocenters. The average Bonchev–Trinajstić information content (AvgIpc) is 3.36. The molecule has 0 fully saturated rings. The van der Waals surface area contributed by atoms with Crippen molar-refractivity contribution in [3.8, 4) is 5.75 Å². The van der Waals surface area contributed by atoms with Gasteiger partial charge in [-0.15, -0.1) is 0 Å². The second kappa shape index (κ2) is 9.52. The molecule has 1 heterocycles. The van der Waals surface area contributed by atoms with Crippen LogP contribution in [0.5, 0.6) is 5.75 Å². The number of methoxy groups -OCH3 is 1. The molecule has 2 aromatic carbocycles. The van der Waals surface area contributed by atoms with Crippen molar-refractivity contribution in [1.29, 1.82) is 0 Å². The summed E-state index contributed by atoms with van der Waals surface area (Å²) in [4.78, 5) is 37.8.